The SMILES string of the molecule is N[C@H](Cc1cccc(F)c1)c1nc2cc(-c3ccncc3)cnc2s1.O=C(O)C(F)(F)F.O=C(O)C(F)(F)F.O=C(O)C(F)(F)F. The van der Waals surface area contributed by atoms with Gasteiger partial charge in [0.15, 0.2) is 0 Å². The minimum absolute atomic E-state index is 0.252. The lowest BCUT2D eigenvalue weighted by atomic mass is 10.1. The van der Waals surface area contributed by atoms with Gasteiger partial charge in [0.05, 0.1) is 6.04 Å². The molecule has 4 aromatic rings. The van der Waals surface area contributed by atoms with E-state index in [2.05, 4.69) is 15.0 Å². The normalized spacial score (nSPS) is 11.9. The molecule has 0 unspecified atom stereocenters. The number of hydrogen-bond donors (Lipinski definition) is 4. The molecule has 3 aromatic heterocycles. The van der Waals surface area contributed by atoms with E-state index in [9.17, 15) is 43.9 Å². The molecule has 0 saturated heterocycles. The van der Waals surface area contributed by atoms with Crippen LogP contribution in [0.15, 0.2) is 61.1 Å². The molecule has 0 fully saturated rings. The van der Waals surface area contributed by atoms with Crippen LogP contribution in [-0.2, 0) is 20.8 Å². The fraction of sp³-hybridized carbons (Fsp3) is 0.200. The Morgan fingerprint density at radius 3 is 1.70 bits per heavy atom. The van der Waals surface area contributed by atoms with Gasteiger partial charge in [-0.25, -0.2) is 28.7 Å². The minimum Gasteiger partial charge on any atom is -0.475 e. The van der Waals surface area contributed by atoms with Crippen LogP contribution >= 0.6 is 11.3 Å². The zero-order chi connectivity index (χ0) is 35.5. The standard InChI is InChI=1S/C19H15FN4S.3C2HF3O2/c20-15-3-1-2-12(8-15)9-16(21)18-24-17-10-14(11-23-19(17)25-18)13-4-6-22-7-5-13;3*3-2(4,5)1(6)7/h1-8,10-11,16H,9,21H2;3*(H,6,7)/t16-;;;/m1.../s1. The van der Waals surface area contributed by atoms with Crippen molar-refractivity contribution in [1.82, 2.24) is 15.0 Å². The van der Waals surface area contributed by atoms with Crippen molar-refractivity contribution >= 4 is 39.6 Å². The molecule has 0 aliphatic carbocycles. The smallest absolute Gasteiger partial charge is 0.475 e. The van der Waals surface area contributed by atoms with Crippen LogP contribution in [0.3, 0.4) is 0 Å². The topological polar surface area (TPSA) is 177 Å². The quantitative estimate of drug-likeness (QED) is 0.185. The molecule has 4 rings (SSSR count). The fourth-order valence-electron chi connectivity index (χ4n) is 2.71. The van der Waals surface area contributed by atoms with Crippen LogP contribution in [0.2, 0.25) is 0 Å². The first-order valence-corrected chi connectivity index (χ1v) is 12.4. The number of benzene rings is 1. The van der Waals surface area contributed by atoms with Gasteiger partial charge < -0.3 is 21.1 Å². The first-order valence-electron chi connectivity index (χ1n) is 11.6. The van der Waals surface area contributed by atoms with Crippen molar-refractivity contribution in [3.63, 3.8) is 0 Å². The second-order valence-electron chi connectivity index (χ2n) is 8.19. The van der Waals surface area contributed by atoms with Gasteiger partial charge in [-0.05, 0) is 47.9 Å². The summed E-state index contributed by atoms with van der Waals surface area (Å²) in [7, 11) is 0. The molecule has 1 aromatic carbocycles. The summed E-state index contributed by atoms with van der Waals surface area (Å²) in [5, 5.41) is 22.2. The molecule has 0 aliphatic rings. The lowest BCUT2D eigenvalue weighted by Gasteiger charge is -2.08. The molecule has 5 N–H and O–H groups in total. The summed E-state index contributed by atoms with van der Waals surface area (Å²) >= 11 is 1.48. The summed E-state index contributed by atoms with van der Waals surface area (Å²) in [5.74, 6) is -8.52. The number of alkyl halides is 9. The van der Waals surface area contributed by atoms with Gasteiger partial charge in [-0.15, -0.1) is 0 Å². The Balaban J connectivity index is 0.000000413. The molecule has 0 aliphatic heterocycles. The van der Waals surface area contributed by atoms with Crippen molar-refractivity contribution in [2.24, 2.45) is 5.73 Å². The van der Waals surface area contributed by atoms with Crippen molar-refractivity contribution in [3.05, 3.63) is 77.4 Å². The summed E-state index contributed by atoms with van der Waals surface area (Å²) in [6.07, 6.45) is -9.38. The van der Waals surface area contributed by atoms with Gasteiger partial charge in [-0.2, -0.15) is 39.5 Å². The average Bonchev–Trinajstić information content (AvgIpc) is 3.37. The Morgan fingerprint density at radius 1 is 0.783 bits per heavy atom. The molecule has 1 atom stereocenters. The lowest BCUT2D eigenvalue weighted by molar-refractivity contribution is -0.193. The number of pyridine rings is 2. The van der Waals surface area contributed by atoms with E-state index >= 15 is 0 Å². The molecule has 21 heteroatoms. The average molecular weight is 692 g/mol. The number of carboxylic acid groups (broad SMARTS) is 3. The third-order valence-electron chi connectivity index (χ3n) is 4.67. The number of rotatable bonds is 4. The second kappa shape index (κ2) is 16.4. The first kappa shape index (κ1) is 39.1. The maximum atomic E-state index is 13.3. The minimum atomic E-state index is -5.08. The zero-order valence-electron chi connectivity index (χ0n) is 22.2. The number of thiazole rings is 1. The largest absolute Gasteiger partial charge is 0.490 e. The Kier molecular flexibility index (Phi) is 13.9. The summed E-state index contributed by atoms with van der Waals surface area (Å²) in [6.45, 7) is 0. The summed E-state index contributed by atoms with van der Waals surface area (Å²) in [6, 6.07) is 12.1. The van der Waals surface area contributed by atoms with Crippen molar-refractivity contribution < 1.29 is 73.6 Å². The molecule has 250 valence electrons. The van der Waals surface area contributed by atoms with Gasteiger partial charge in [0.1, 0.15) is 21.2 Å². The van der Waals surface area contributed by atoms with Crippen molar-refractivity contribution in [1.29, 1.82) is 0 Å². The number of halogens is 10. The van der Waals surface area contributed by atoms with Gasteiger partial charge >= 0.3 is 36.4 Å². The number of hydrogen-bond acceptors (Lipinski definition) is 8. The summed E-state index contributed by atoms with van der Waals surface area (Å²) < 4.78 is 109. The van der Waals surface area contributed by atoms with Crippen LogP contribution in [0.4, 0.5) is 43.9 Å². The monoisotopic (exact) mass is 692 g/mol. The molecule has 3 heterocycles. The predicted molar refractivity (Wildman–Crippen MR) is 139 cm³/mol. The Morgan fingerprint density at radius 2 is 1.26 bits per heavy atom. The van der Waals surface area contributed by atoms with Crippen LogP contribution in [0.25, 0.3) is 21.5 Å². The molecule has 0 bridgehead atoms. The van der Waals surface area contributed by atoms with Gasteiger partial charge in [-0.3, -0.25) is 4.98 Å². The van der Waals surface area contributed by atoms with E-state index in [1.54, 1.807) is 18.5 Å². The molecular weight excluding hydrogens is 674 g/mol. The highest BCUT2D eigenvalue weighted by Gasteiger charge is 2.39. The van der Waals surface area contributed by atoms with Crippen molar-refractivity contribution in [2.75, 3.05) is 0 Å². The molecule has 0 spiro atoms. The summed E-state index contributed by atoms with van der Waals surface area (Å²) in [5.41, 5.74) is 10.00. The van der Waals surface area contributed by atoms with Gasteiger partial charge in [0.2, 0.25) is 0 Å². The maximum Gasteiger partial charge on any atom is 0.490 e. The molecule has 0 radical (unpaired) electrons. The number of aliphatic carboxylic acids is 3. The van der Waals surface area contributed by atoms with Crippen LogP contribution in [0.5, 0.6) is 0 Å². The van der Waals surface area contributed by atoms with Gasteiger partial charge in [0.25, 0.3) is 0 Å². The third-order valence-corrected chi connectivity index (χ3v) is 5.78. The molecular formula is C25H18F10N4O6S. The van der Waals surface area contributed by atoms with Crippen molar-refractivity contribution in [3.8, 4) is 11.1 Å². The molecule has 46 heavy (non-hydrogen) atoms. The van der Waals surface area contributed by atoms with Crippen molar-refractivity contribution in [2.45, 2.75) is 31.0 Å². The van der Waals surface area contributed by atoms with Gasteiger partial charge in [0, 0.05) is 24.2 Å². The highest BCUT2D eigenvalue weighted by Crippen LogP contribution is 2.29. The van der Waals surface area contributed by atoms with Crippen LogP contribution in [-0.4, -0.2) is 66.7 Å². The maximum absolute atomic E-state index is 13.3. The van der Waals surface area contributed by atoms with Crippen LogP contribution in [0, 0.1) is 5.82 Å². The highest BCUT2D eigenvalue weighted by molar-refractivity contribution is 7.18. The van der Waals surface area contributed by atoms with E-state index in [0.717, 1.165) is 32.0 Å². The molecule has 0 saturated carbocycles. The first-order chi connectivity index (χ1) is 21.0. The van der Waals surface area contributed by atoms with E-state index in [1.807, 2.05) is 30.5 Å². The predicted octanol–water partition coefficient (Wildman–Crippen LogP) is 6.03. The number of carbonyl (C=O) groups is 3. The number of nitrogens with zero attached hydrogens (tertiary/aromatic N) is 3. The number of aromatic nitrogens is 3. The van der Waals surface area contributed by atoms with Crippen LogP contribution in [0.1, 0.15) is 16.6 Å². The fourth-order valence-corrected chi connectivity index (χ4v) is 3.60. The Bertz CT molecular complexity index is 1560. The van der Waals surface area contributed by atoms with E-state index < -0.39 is 36.4 Å². The highest BCUT2D eigenvalue weighted by atomic mass is 32.1. The molecule has 0 amide bonds. The number of carboxylic acids is 3. The van der Waals surface area contributed by atoms with E-state index in [-0.39, 0.29) is 11.9 Å². The Hall–Kier alpha value is -4.92. The lowest BCUT2D eigenvalue weighted by Crippen LogP contribution is -2.21. The molecule has 10 nitrogen and oxygen atoms in total. The van der Waals surface area contributed by atoms with E-state index in [1.165, 1.54) is 23.5 Å². The third kappa shape index (κ3) is 13.8. The second-order valence-corrected chi connectivity index (χ2v) is 9.19. The zero-order valence-corrected chi connectivity index (χ0v) is 23.0. The summed E-state index contributed by atoms with van der Waals surface area (Å²) in [4.78, 5) is 40.7. The number of fused-ring (bicyclic) bond motifs is 1. The Labute approximate surface area is 253 Å². The van der Waals surface area contributed by atoms with E-state index in [0.29, 0.717) is 6.42 Å². The number of nitrogens with two attached hydrogens (primary N) is 1. The van der Waals surface area contributed by atoms with Gasteiger partial charge in [-0.1, -0.05) is 23.5 Å². The van der Waals surface area contributed by atoms with Crippen LogP contribution < -0.4 is 5.73 Å². The van der Waals surface area contributed by atoms with E-state index in [4.69, 9.17) is 35.4 Å².